The molecule has 0 saturated carbocycles. The van der Waals surface area contributed by atoms with Crippen molar-refractivity contribution in [3.05, 3.63) is 0 Å². The van der Waals surface area contributed by atoms with Crippen LogP contribution in [-0.2, 0) is 9.53 Å². The molecule has 106 valence electrons. The Morgan fingerprint density at radius 1 is 1.11 bits per heavy atom. The highest BCUT2D eigenvalue weighted by atomic mass is 28.3. The van der Waals surface area contributed by atoms with E-state index < -0.39 is 8.07 Å². The SMILES string of the molecule is CCCCCC1OC(=O)C1(CCCC)[Si](C)(C)C. The molecular formula is C15H30O2Si. The van der Waals surface area contributed by atoms with Crippen LogP contribution in [0.2, 0.25) is 24.7 Å². The zero-order valence-electron chi connectivity index (χ0n) is 12.8. The molecule has 0 aromatic carbocycles. The second-order valence-corrected chi connectivity index (χ2v) is 12.1. The van der Waals surface area contributed by atoms with Gasteiger partial charge in [0.2, 0.25) is 0 Å². The van der Waals surface area contributed by atoms with Gasteiger partial charge in [0.25, 0.3) is 0 Å². The predicted octanol–water partition coefficient (Wildman–Crippen LogP) is 4.76. The van der Waals surface area contributed by atoms with Crippen LogP contribution in [0.4, 0.5) is 0 Å². The molecule has 0 N–H and O–H groups in total. The Kier molecular flexibility index (Phi) is 5.44. The van der Waals surface area contributed by atoms with Gasteiger partial charge in [-0.1, -0.05) is 59.2 Å². The summed E-state index contributed by atoms with van der Waals surface area (Å²) in [7, 11) is -1.52. The van der Waals surface area contributed by atoms with Crippen molar-refractivity contribution in [3.63, 3.8) is 0 Å². The van der Waals surface area contributed by atoms with E-state index in [4.69, 9.17) is 4.74 Å². The Hall–Kier alpha value is -0.313. The van der Waals surface area contributed by atoms with Crippen LogP contribution in [0, 0.1) is 0 Å². The maximum Gasteiger partial charge on any atom is 0.313 e. The van der Waals surface area contributed by atoms with Crippen LogP contribution in [0.1, 0.15) is 58.8 Å². The lowest BCUT2D eigenvalue weighted by molar-refractivity contribution is -0.183. The third kappa shape index (κ3) is 2.81. The van der Waals surface area contributed by atoms with Crippen molar-refractivity contribution < 1.29 is 9.53 Å². The van der Waals surface area contributed by atoms with Gasteiger partial charge in [0.1, 0.15) is 6.10 Å². The number of esters is 1. The number of rotatable bonds is 8. The van der Waals surface area contributed by atoms with E-state index in [9.17, 15) is 4.79 Å². The van der Waals surface area contributed by atoms with Crippen LogP contribution in [0.3, 0.4) is 0 Å². The van der Waals surface area contributed by atoms with Crippen LogP contribution in [0.15, 0.2) is 0 Å². The summed E-state index contributed by atoms with van der Waals surface area (Å²) in [5, 5.41) is -0.0866. The quantitative estimate of drug-likeness (QED) is 0.361. The van der Waals surface area contributed by atoms with Gasteiger partial charge in [0.05, 0.1) is 13.1 Å². The summed E-state index contributed by atoms with van der Waals surface area (Å²) < 4.78 is 5.52. The Balaban J connectivity index is 2.75. The zero-order chi connectivity index (χ0) is 13.8. The van der Waals surface area contributed by atoms with Gasteiger partial charge in [-0.15, -0.1) is 0 Å². The highest BCUT2D eigenvalue weighted by Crippen LogP contribution is 2.56. The van der Waals surface area contributed by atoms with Crippen LogP contribution < -0.4 is 0 Å². The molecule has 0 aromatic heterocycles. The van der Waals surface area contributed by atoms with Crippen LogP contribution in [0.5, 0.6) is 0 Å². The third-order valence-electron chi connectivity index (χ3n) is 4.50. The van der Waals surface area contributed by atoms with Crippen molar-refractivity contribution in [2.24, 2.45) is 0 Å². The van der Waals surface area contributed by atoms with Gasteiger partial charge in [0, 0.05) is 0 Å². The van der Waals surface area contributed by atoms with Gasteiger partial charge in [-0.2, -0.15) is 0 Å². The number of carbonyl (C=O) groups is 1. The van der Waals surface area contributed by atoms with Crippen molar-refractivity contribution in [1.29, 1.82) is 0 Å². The van der Waals surface area contributed by atoms with Crippen molar-refractivity contribution in [1.82, 2.24) is 0 Å². The minimum absolute atomic E-state index is 0.0866. The molecule has 1 aliphatic heterocycles. The first kappa shape index (κ1) is 15.7. The molecule has 0 radical (unpaired) electrons. The number of hydrogen-bond donors (Lipinski definition) is 0. The van der Waals surface area contributed by atoms with Crippen molar-refractivity contribution in [2.45, 2.75) is 89.6 Å². The predicted molar refractivity (Wildman–Crippen MR) is 79.6 cm³/mol. The zero-order valence-corrected chi connectivity index (χ0v) is 13.8. The van der Waals surface area contributed by atoms with Gasteiger partial charge in [0.15, 0.2) is 0 Å². The maximum atomic E-state index is 12.2. The Bertz CT molecular complexity index is 283. The topological polar surface area (TPSA) is 26.3 Å². The first-order valence-corrected chi connectivity index (χ1v) is 11.1. The number of cyclic esters (lactones) is 1. The number of hydrogen-bond acceptors (Lipinski definition) is 2. The monoisotopic (exact) mass is 270 g/mol. The summed E-state index contributed by atoms with van der Waals surface area (Å²) in [6.45, 7) is 11.4. The molecular weight excluding hydrogens is 240 g/mol. The van der Waals surface area contributed by atoms with Gasteiger partial charge in [-0.3, -0.25) is 4.79 Å². The molecule has 1 fully saturated rings. The summed E-state index contributed by atoms with van der Waals surface area (Å²) >= 11 is 0. The first-order chi connectivity index (χ1) is 8.40. The summed E-state index contributed by atoms with van der Waals surface area (Å²) in [5.41, 5.74) is 0. The Labute approximate surface area is 113 Å². The van der Waals surface area contributed by atoms with Gasteiger partial charge in [-0.05, 0) is 19.3 Å². The molecule has 1 aliphatic rings. The lowest BCUT2D eigenvalue weighted by atomic mass is 9.86. The van der Waals surface area contributed by atoms with E-state index in [1.54, 1.807) is 0 Å². The van der Waals surface area contributed by atoms with Gasteiger partial charge in [-0.25, -0.2) is 0 Å². The molecule has 0 aliphatic carbocycles. The summed E-state index contributed by atoms with van der Waals surface area (Å²) in [5.74, 6) is 0.108. The molecule has 1 saturated heterocycles. The molecule has 1 heterocycles. The molecule has 0 amide bonds. The fourth-order valence-electron chi connectivity index (χ4n) is 3.18. The van der Waals surface area contributed by atoms with E-state index in [0.29, 0.717) is 0 Å². The maximum absolute atomic E-state index is 12.2. The molecule has 2 unspecified atom stereocenters. The molecule has 0 bridgehead atoms. The normalized spacial score (nSPS) is 27.8. The lowest BCUT2D eigenvalue weighted by Crippen LogP contribution is -2.62. The second-order valence-electron chi connectivity index (χ2n) is 6.71. The minimum atomic E-state index is -1.52. The van der Waals surface area contributed by atoms with Crippen molar-refractivity contribution in [2.75, 3.05) is 0 Å². The Morgan fingerprint density at radius 2 is 1.72 bits per heavy atom. The number of ether oxygens (including phenoxy) is 1. The summed E-state index contributed by atoms with van der Waals surface area (Å²) in [4.78, 5) is 12.2. The van der Waals surface area contributed by atoms with Crippen LogP contribution in [-0.4, -0.2) is 20.1 Å². The van der Waals surface area contributed by atoms with Crippen LogP contribution >= 0.6 is 0 Å². The minimum Gasteiger partial charge on any atom is -0.461 e. The second kappa shape index (κ2) is 6.22. The van der Waals surface area contributed by atoms with E-state index in [2.05, 4.69) is 33.5 Å². The van der Waals surface area contributed by atoms with Crippen LogP contribution in [0.25, 0.3) is 0 Å². The van der Waals surface area contributed by atoms with E-state index >= 15 is 0 Å². The molecule has 3 heteroatoms. The summed E-state index contributed by atoms with van der Waals surface area (Å²) in [6.07, 6.45) is 8.36. The highest BCUT2D eigenvalue weighted by molar-refractivity contribution is 6.83. The van der Waals surface area contributed by atoms with Crippen molar-refractivity contribution >= 4 is 14.0 Å². The third-order valence-corrected chi connectivity index (χ3v) is 7.95. The molecule has 1 rings (SSSR count). The molecule has 2 atom stereocenters. The summed E-state index contributed by atoms with van der Waals surface area (Å²) in [6, 6.07) is 0. The molecule has 0 spiro atoms. The van der Waals surface area contributed by atoms with Crippen molar-refractivity contribution in [3.8, 4) is 0 Å². The average Bonchev–Trinajstić information content (AvgIpc) is 2.27. The Morgan fingerprint density at radius 3 is 2.17 bits per heavy atom. The smallest absolute Gasteiger partial charge is 0.313 e. The first-order valence-electron chi connectivity index (χ1n) is 7.61. The highest BCUT2D eigenvalue weighted by Gasteiger charge is 2.63. The standard InChI is InChI=1S/C15H30O2Si/c1-6-8-10-11-13-15(12-9-7-2,14(16)17-13)18(3,4)5/h13H,6-12H2,1-5H3. The largest absolute Gasteiger partial charge is 0.461 e. The average molecular weight is 270 g/mol. The number of carbonyl (C=O) groups excluding carboxylic acids is 1. The van der Waals surface area contributed by atoms with E-state index in [-0.39, 0.29) is 17.1 Å². The lowest BCUT2D eigenvalue weighted by Gasteiger charge is -2.54. The fourth-order valence-corrected chi connectivity index (χ4v) is 5.94. The van der Waals surface area contributed by atoms with Gasteiger partial charge >= 0.3 is 5.97 Å². The fraction of sp³-hybridized carbons (Fsp3) is 0.933. The van der Waals surface area contributed by atoms with Gasteiger partial charge < -0.3 is 4.74 Å². The molecule has 0 aromatic rings. The molecule has 2 nitrogen and oxygen atoms in total. The number of unbranched alkanes of at least 4 members (excludes halogenated alkanes) is 3. The molecule has 18 heavy (non-hydrogen) atoms. The van der Waals surface area contributed by atoms with E-state index in [1.807, 2.05) is 0 Å². The van der Waals surface area contributed by atoms with E-state index in [1.165, 1.54) is 25.7 Å². The van der Waals surface area contributed by atoms with E-state index in [0.717, 1.165) is 19.3 Å².